The zero-order chi connectivity index (χ0) is 14.4. The molecule has 110 valence electrons. The van der Waals surface area contributed by atoms with Gasteiger partial charge in [-0.1, -0.05) is 12.1 Å². The monoisotopic (exact) mass is 276 g/mol. The van der Waals surface area contributed by atoms with E-state index >= 15 is 0 Å². The van der Waals surface area contributed by atoms with Gasteiger partial charge < -0.3 is 15.4 Å². The molecule has 0 unspecified atom stereocenters. The summed E-state index contributed by atoms with van der Waals surface area (Å²) in [5, 5.41) is 6.27. The first-order valence-corrected chi connectivity index (χ1v) is 7.39. The second-order valence-electron chi connectivity index (χ2n) is 5.56. The predicted molar refractivity (Wildman–Crippen MR) is 79.6 cm³/mol. The number of benzene rings is 1. The summed E-state index contributed by atoms with van der Waals surface area (Å²) in [5.74, 6) is 1.40. The third-order valence-corrected chi connectivity index (χ3v) is 3.15. The Balaban J connectivity index is 1.64. The first-order chi connectivity index (χ1) is 9.65. The van der Waals surface area contributed by atoms with E-state index in [0.717, 1.165) is 31.7 Å². The maximum absolute atomic E-state index is 11.4. The molecule has 4 nitrogen and oxygen atoms in total. The summed E-state index contributed by atoms with van der Waals surface area (Å²) >= 11 is 0. The van der Waals surface area contributed by atoms with Crippen LogP contribution in [0.25, 0.3) is 0 Å². The second kappa shape index (κ2) is 7.29. The molecular weight excluding hydrogens is 252 g/mol. The predicted octanol–water partition coefficient (Wildman–Crippen LogP) is 2.09. The standard InChI is InChI=1S/C16H24N2O2/c1-12(2)20-15-5-3-4-13(10-15)11-17-8-9-18-16(19)14-6-7-14/h3-5,10,12,14,17H,6-9,11H2,1-2H3,(H,18,19). The molecule has 1 aliphatic rings. The molecule has 0 bridgehead atoms. The molecule has 1 aliphatic carbocycles. The average Bonchev–Trinajstić information content (AvgIpc) is 3.22. The van der Waals surface area contributed by atoms with Crippen molar-refractivity contribution in [3.8, 4) is 5.75 Å². The van der Waals surface area contributed by atoms with Gasteiger partial charge in [0.2, 0.25) is 5.91 Å². The fraction of sp³-hybridized carbons (Fsp3) is 0.562. The number of hydrogen-bond donors (Lipinski definition) is 2. The summed E-state index contributed by atoms with van der Waals surface area (Å²) in [6.07, 6.45) is 2.31. The van der Waals surface area contributed by atoms with Crippen LogP contribution in [0.15, 0.2) is 24.3 Å². The zero-order valence-corrected chi connectivity index (χ0v) is 12.3. The Kier molecular flexibility index (Phi) is 5.41. The van der Waals surface area contributed by atoms with Gasteiger partial charge in [0, 0.05) is 25.6 Å². The second-order valence-corrected chi connectivity index (χ2v) is 5.56. The third-order valence-electron chi connectivity index (χ3n) is 3.15. The Bertz CT molecular complexity index is 442. The molecule has 2 N–H and O–H groups in total. The zero-order valence-electron chi connectivity index (χ0n) is 12.3. The molecule has 1 fully saturated rings. The van der Waals surface area contributed by atoms with Crippen molar-refractivity contribution in [2.45, 2.75) is 39.3 Å². The number of hydrogen-bond acceptors (Lipinski definition) is 3. The van der Waals surface area contributed by atoms with Gasteiger partial charge in [-0.3, -0.25) is 4.79 Å². The Labute approximate surface area is 120 Å². The minimum atomic E-state index is 0.191. The SMILES string of the molecule is CC(C)Oc1cccc(CNCCNC(=O)C2CC2)c1. The first-order valence-electron chi connectivity index (χ1n) is 7.39. The van der Waals surface area contributed by atoms with Gasteiger partial charge in [0.25, 0.3) is 0 Å². The van der Waals surface area contributed by atoms with Crippen LogP contribution in [0.5, 0.6) is 5.75 Å². The van der Waals surface area contributed by atoms with Crippen LogP contribution >= 0.6 is 0 Å². The molecule has 4 heteroatoms. The number of amides is 1. The van der Waals surface area contributed by atoms with Gasteiger partial charge in [-0.2, -0.15) is 0 Å². The quantitative estimate of drug-likeness (QED) is 0.715. The number of rotatable bonds is 8. The van der Waals surface area contributed by atoms with E-state index in [1.165, 1.54) is 5.56 Å². The lowest BCUT2D eigenvalue weighted by Gasteiger charge is -2.11. The molecule has 1 saturated carbocycles. The smallest absolute Gasteiger partial charge is 0.223 e. The van der Waals surface area contributed by atoms with Crippen molar-refractivity contribution >= 4 is 5.91 Å². The lowest BCUT2D eigenvalue weighted by atomic mass is 10.2. The van der Waals surface area contributed by atoms with Crippen LogP contribution < -0.4 is 15.4 Å². The Hall–Kier alpha value is -1.55. The van der Waals surface area contributed by atoms with Gasteiger partial charge in [0.15, 0.2) is 0 Å². The van der Waals surface area contributed by atoms with Crippen LogP contribution in [0.3, 0.4) is 0 Å². The number of carbonyl (C=O) groups excluding carboxylic acids is 1. The van der Waals surface area contributed by atoms with E-state index in [0.29, 0.717) is 12.5 Å². The summed E-state index contributed by atoms with van der Waals surface area (Å²) in [4.78, 5) is 11.4. The summed E-state index contributed by atoms with van der Waals surface area (Å²) in [7, 11) is 0. The lowest BCUT2D eigenvalue weighted by Crippen LogP contribution is -2.32. The molecule has 0 heterocycles. The number of carbonyl (C=O) groups is 1. The van der Waals surface area contributed by atoms with Crippen molar-refractivity contribution in [3.63, 3.8) is 0 Å². The highest BCUT2D eigenvalue weighted by atomic mass is 16.5. The summed E-state index contributed by atoms with van der Waals surface area (Å²) in [6, 6.07) is 8.10. The van der Waals surface area contributed by atoms with Crippen LogP contribution in [-0.4, -0.2) is 25.1 Å². The highest BCUT2D eigenvalue weighted by Crippen LogP contribution is 2.28. The minimum Gasteiger partial charge on any atom is -0.491 e. The largest absolute Gasteiger partial charge is 0.491 e. The fourth-order valence-electron chi connectivity index (χ4n) is 2.00. The molecule has 20 heavy (non-hydrogen) atoms. The molecule has 0 radical (unpaired) electrons. The highest BCUT2D eigenvalue weighted by Gasteiger charge is 2.28. The Morgan fingerprint density at radius 3 is 2.85 bits per heavy atom. The molecule has 0 spiro atoms. The molecule has 1 amide bonds. The Morgan fingerprint density at radius 2 is 2.15 bits per heavy atom. The van der Waals surface area contributed by atoms with E-state index < -0.39 is 0 Å². The van der Waals surface area contributed by atoms with E-state index in [1.54, 1.807) is 0 Å². The molecule has 1 aromatic rings. The highest BCUT2D eigenvalue weighted by molar-refractivity contribution is 5.80. The summed E-state index contributed by atoms with van der Waals surface area (Å²) < 4.78 is 5.66. The molecular formula is C16H24N2O2. The van der Waals surface area contributed by atoms with E-state index in [4.69, 9.17) is 4.74 Å². The van der Waals surface area contributed by atoms with Crippen LogP contribution in [0.4, 0.5) is 0 Å². The van der Waals surface area contributed by atoms with Gasteiger partial charge in [-0.15, -0.1) is 0 Å². The normalized spacial score (nSPS) is 14.3. The molecule has 0 aromatic heterocycles. The van der Waals surface area contributed by atoms with Crippen molar-refractivity contribution in [2.75, 3.05) is 13.1 Å². The fourth-order valence-corrected chi connectivity index (χ4v) is 2.00. The van der Waals surface area contributed by atoms with Gasteiger partial charge in [-0.05, 0) is 44.4 Å². The molecule has 0 saturated heterocycles. The van der Waals surface area contributed by atoms with Gasteiger partial charge >= 0.3 is 0 Å². The van der Waals surface area contributed by atoms with Crippen molar-refractivity contribution in [1.82, 2.24) is 10.6 Å². The maximum atomic E-state index is 11.4. The Morgan fingerprint density at radius 1 is 1.35 bits per heavy atom. The lowest BCUT2D eigenvalue weighted by molar-refractivity contribution is -0.122. The molecule has 0 atom stereocenters. The topological polar surface area (TPSA) is 50.4 Å². The van der Waals surface area contributed by atoms with E-state index in [-0.39, 0.29) is 12.0 Å². The van der Waals surface area contributed by atoms with Gasteiger partial charge in [0.05, 0.1) is 6.10 Å². The third kappa shape index (κ3) is 5.21. The number of ether oxygens (including phenoxy) is 1. The van der Waals surface area contributed by atoms with Crippen molar-refractivity contribution in [1.29, 1.82) is 0 Å². The van der Waals surface area contributed by atoms with Crippen molar-refractivity contribution in [2.24, 2.45) is 5.92 Å². The van der Waals surface area contributed by atoms with Crippen LogP contribution in [0.1, 0.15) is 32.3 Å². The summed E-state index contributed by atoms with van der Waals surface area (Å²) in [5.41, 5.74) is 1.19. The summed E-state index contributed by atoms with van der Waals surface area (Å²) in [6.45, 7) is 6.31. The molecule has 0 aliphatic heterocycles. The van der Waals surface area contributed by atoms with Gasteiger partial charge in [0.1, 0.15) is 5.75 Å². The van der Waals surface area contributed by atoms with Crippen molar-refractivity contribution < 1.29 is 9.53 Å². The van der Waals surface area contributed by atoms with Crippen LogP contribution in [0, 0.1) is 5.92 Å². The van der Waals surface area contributed by atoms with E-state index in [2.05, 4.69) is 22.8 Å². The average molecular weight is 276 g/mol. The van der Waals surface area contributed by atoms with Crippen LogP contribution in [0.2, 0.25) is 0 Å². The minimum absolute atomic E-state index is 0.191. The van der Waals surface area contributed by atoms with Crippen LogP contribution in [-0.2, 0) is 11.3 Å². The maximum Gasteiger partial charge on any atom is 0.223 e. The number of nitrogens with one attached hydrogen (secondary N) is 2. The van der Waals surface area contributed by atoms with E-state index in [9.17, 15) is 4.79 Å². The first kappa shape index (κ1) is 14.9. The molecule has 1 aromatic carbocycles. The van der Waals surface area contributed by atoms with Gasteiger partial charge in [-0.25, -0.2) is 0 Å². The van der Waals surface area contributed by atoms with E-state index in [1.807, 2.05) is 26.0 Å². The molecule has 2 rings (SSSR count). The van der Waals surface area contributed by atoms with Crippen molar-refractivity contribution in [3.05, 3.63) is 29.8 Å².